The van der Waals surface area contributed by atoms with Crippen molar-refractivity contribution < 1.29 is 18.3 Å². The molecule has 0 unspecified atom stereocenters. The minimum Gasteiger partial charge on any atom is -0.388 e. The van der Waals surface area contributed by atoms with Gasteiger partial charge in [-0.1, -0.05) is 19.3 Å². The Bertz CT molecular complexity index is 630. The van der Waals surface area contributed by atoms with Crippen LogP contribution in [0.25, 0.3) is 0 Å². The molecule has 1 saturated carbocycles. The van der Waals surface area contributed by atoms with Crippen LogP contribution in [-0.4, -0.2) is 36.1 Å². The van der Waals surface area contributed by atoms with Crippen molar-refractivity contribution in [2.24, 2.45) is 12.2 Å². The molecule has 7 nitrogen and oxygen atoms in total. The van der Waals surface area contributed by atoms with E-state index >= 15 is 0 Å². The van der Waals surface area contributed by atoms with Crippen molar-refractivity contribution in [1.29, 1.82) is 0 Å². The molecule has 8 heteroatoms. The number of nitrogens with two attached hydrogens (primary N) is 1. The van der Waals surface area contributed by atoms with E-state index in [4.69, 9.17) is 5.14 Å². The molecule has 0 bridgehead atoms. The van der Waals surface area contributed by atoms with Crippen molar-refractivity contribution in [2.75, 3.05) is 6.54 Å². The highest BCUT2D eigenvalue weighted by Gasteiger charge is 2.30. The van der Waals surface area contributed by atoms with Gasteiger partial charge < -0.3 is 15.0 Å². The molecule has 118 valence electrons. The second-order valence-electron chi connectivity index (χ2n) is 5.68. The van der Waals surface area contributed by atoms with Crippen LogP contribution < -0.4 is 10.5 Å². The molecule has 1 aromatic heterocycles. The molecule has 0 radical (unpaired) electrons. The van der Waals surface area contributed by atoms with Crippen LogP contribution in [0.4, 0.5) is 0 Å². The first-order valence-electron chi connectivity index (χ1n) is 6.91. The molecule has 0 atom stereocenters. The van der Waals surface area contributed by atoms with Crippen molar-refractivity contribution in [3.63, 3.8) is 0 Å². The Hall–Kier alpha value is -1.38. The smallest absolute Gasteiger partial charge is 0.268 e. The maximum absolute atomic E-state index is 12.1. The van der Waals surface area contributed by atoms with Crippen molar-refractivity contribution in [2.45, 2.75) is 42.6 Å². The number of amides is 1. The van der Waals surface area contributed by atoms with Crippen molar-refractivity contribution in [1.82, 2.24) is 9.88 Å². The molecule has 21 heavy (non-hydrogen) atoms. The lowest BCUT2D eigenvalue weighted by molar-refractivity contribution is 0.00518. The van der Waals surface area contributed by atoms with E-state index in [1.165, 1.54) is 16.8 Å². The molecule has 0 aromatic carbocycles. The Morgan fingerprint density at radius 2 is 2.05 bits per heavy atom. The maximum Gasteiger partial charge on any atom is 0.268 e. The molecule has 1 fully saturated rings. The van der Waals surface area contributed by atoms with Crippen LogP contribution in [0.5, 0.6) is 0 Å². The van der Waals surface area contributed by atoms with Gasteiger partial charge in [0.25, 0.3) is 5.91 Å². The van der Waals surface area contributed by atoms with Crippen LogP contribution >= 0.6 is 0 Å². The molecular formula is C13H21N3O4S. The van der Waals surface area contributed by atoms with Crippen LogP contribution in [0.1, 0.15) is 42.6 Å². The molecule has 1 amide bonds. The second-order valence-corrected chi connectivity index (χ2v) is 7.25. The van der Waals surface area contributed by atoms with Gasteiger partial charge in [0, 0.05) is 19.8 Å². The molecular weight excluding hydrogens is 294 g/mol. The number of carbonyl (C=O) groups is 1. The maximum atomic E-state index is 12.1. The third kappa shape index (κ3) is 3.84. The number of aryl methyl sites for hydroxylation is 1. The number of sulfonamides is 1. The molecule has 1 aromatic rings. The molecule has 4 N–H and O–H groups in total. The lowest BCUT2D eigenvalue weighted by Crippen LogP contribution is -2.44. The van der Waals surface area contributed by atoms with Crippen molar-refractivity contribution in [3.05, 3.63) is 18.0 Å². The summed E-state index contributed by atoms with van der Waals surface area (Å²) in [7, 11) is -2.27. The van der Waals surface area contributed by atoms with E-state index in [0.717, 1.165) is 19.3 Å². The van der Waals surface area contributed by atoms with Gasteiger partial charge in [-0.25, -0.2) is 13.6 Å². The minimum absolute atomic E-state index is 0.105. The number of hydrogen-bond acceptors (Lipinski definition) is 4. The van der Waals surface area contributed by atoms with Crippen LogP contribution in [0.2, 0.25) is 0 Å². The average Bonchev–Trinajstić information content (AvgIpc) is 2.79. The Kier molecular flexibility index (Phi) is 4.40. The summed E-state index contributed by atoms with van der Waals surface area (Å²) in [5.74, 6) is -0.425. The van der Waals surface area contributed by atoms with E-state index in [0.29, 0.717) is 12.8 Å². The first kappa shape index (κ1) is 16.0. The standard InChI is InChI=1S/C13H21N3O4S/c1-16-8-10(21(14,19)20)7-11(16)12(17)15-9-13(18)5-3-2-4-6-13/h7-8,18H,2-6,9H2,1H3,(H,15,17)(H2,14,19,20). The Morgan fingerprint density at radius 1 is 1.43 bits per heavy atom. The van der Waals surface area contributed by atoms with Gasteiger partial charge in [0.15, 0.2) is 0 Å². The minimum atomic E-state index is -3.84. The zero-order valence-corrected chi connectivity index (χ0v) is 12.8. The Labute approximate surface area is 124 Å². The number of primary sulfonamides is 1. The number of carbonyl (C=O) groups excluding carboxylic acids is 1. The van der Waals surface area contributed by atoms with Crippen LogP contribution in [0, 0.1) is 0 Å². The molecule has 1 aliphatic rings. The van der Waals surface area contributed by atoms with Gasteiger partial charge in [-0.2, -0.15) is 0 Å². The number of nitrogens with one attached hydrogen (secondary N) is 1. The van der Waals surface area contributed by atoms with Gasteiger partial charge in [0.1, 0.15) is 10.6 Å². The van der Waals surface area contributed by atoms with Gasteiger partial charge in [-0.3, -0.25) is 4.79 Å². The highest BCUT2D eigenvalue weighted by molar-refractivity contribution is 7.89. The zero-order chi connectivity index (χ0) is 15.7. The zero-order valence-electron chi connectivity index (χ0n) is 12.0. The lowest BCUT2D eigenvalue weighted by Gasteiger charge is -2.32. The Balaban J connectivity index is 2.05. The van der Waals surface area contributed by atoms with Crippen LogP contribution in [0.3, 0.4) is 0 Å². The monoisotopic (exact) mass is 315 g/mol. The summed E-state index contributed by atoms with van der Waals surface area (Å²) in [5, 5.41) is 18.0. The highest BCUT2D eigenvalue weighted by Crippen LogP contribution is 2.27. The average molecular weight is 315 g/mol. The third-order valence-corrected chi connectivity index (χ3v) is 4.78. The van der Waals surface area contributed by atoms with E-state index in [9.17, 15) is 18.3 Å². The van der Waals surface area contributed by atoms with Gasteiger partial charge >= 0.3 is 0 Å². The predicted molar refractivity (Wildman–Crippen MR) is 77.2 cm³/mol. The number of aromatic nitrogens is 1. The van der Waals surface area contributed by atoms with Gasteiger partial charge in [0.2, 0.25) is 10.0 Å². The quantitative estimate of drug-likeness (QED) is 0.731. The van der Waals surface area contributed by atoms with Crippen LogP contribution in [-0.2, 0) is 17.1 Å². The molecule has 1 heterocycles. The fourth-order valence-corrected chi connectivity index (χ4v) is 3.22. The predicted octanol–water partition coefficient (Wildman–Crippen LogP) is 0.0975. The highest BCUT2D eigenvalue weighted by atomic mass is 32.2. The molecule has 2 rings (SSSR count). The summed E-state index contributed by atoms with van der Waals surface area (Å²) in [6.45, 7) is 0.168. The van der Waals surface area contributed by atoms with E-state index in [-0.39, 0.29) is 17.1 Å². The van der Waals surface area contributed by atoms with Crippen molar-refractivity contribution in [3.8, 4) is 0 Å². The van der Waals surface area contributed by atoms with Gasteiger partial charge in [-0.15, -0.1) is 0 Å². The van der Waals surface area contributed by atoms with E-state index in [2.05, 4.69) is 5.32 Å². The number of nitrogens with zero attached hydrogens (tertiary/aromatic N) is 1. The summed E-state index contributed by atoms with van der Waals surface area (Å²) in [6, 6.07) is 1.23. The molecule has 0 saturated heterocycles. The number of aliphatic hydroxyl groups is 1. The summed E-state index contributed by atoms with van der Waals surface area (Å²) in [5.41, 5.74) is -0.666. The van der Waals surface area contributed by atoms with Gasteiger partial charge in [-0.05, 0) is 18.9 Å². The Morgan fingerprint density at radius 3 is 2.57 bits per heavy atom. The second kappa shape index (κ2) is 5.78. The fourth-order valence-electron chi connectivity index (χ4n) is 2.64. The molecule has 0 spiro atoms. The first-order chi connectivity index (χ1) is 9.71. The summed E-state index contributed by atoms with van der Waals surface area (Å²) in [4.78, 5) is 12.0. The first-order valence-corrected chi connectivity index (χ1v) is 8.46. The van der Waals surface area contributed by atoms with E-state index < -0.39 is 21.5 Å². The fraction of sp³-hybridized carbons (Fsp3) is 0.615. The van der Waals surface area contributed by atoms with Crippen molar-refractivity contribution >= 4 is 15.9 Å². The van der Waals surface area contributed by atoms with Crippen LogP contribution in [0.15, 0.2) is 17.2 Å². The van der Waals surface area contributed by atoms with E-state index in [1.54, 1.807) is 7.05 Å². The third-order valence-electron chi connectivity index (χ3n) is 3.90. The van der Waals surface area contributed by atoms with E-state index in [1.807, 2.05) is 0 Å². The SMILES string of the molecule is Cn1cc(S(N)(=O)=O)cc1C(=O)NCC1(O)CCCCC1. The normalized spacial score (nSPS) is 18.4. The largest absolute Gasteiger partial charge is 0.388 e. The topological polar surface area (TPSA) is 114 Å². The lowest BCUT2D eigenvalue weighted by atomic mass is 9.85. The summed E-state index contributed by atoms with van der Waals surface area (Å²) < 4.78 is 23.9. The summed E-state index contributed by atoms with van der Waals surface area (Å²) in [6.07, 6.45) is 5.63. The number of rotatable bonds is 4. The molecule has 0 aliphatic heterocycles. The summed E-state index contributed by atoms with van der Waals surface area (Å²) >= 11 is 0. The molecule has 1 aliphatic carbocycles. The van der Waals surface area contributed by atoms with Gasteiger partial charge in [0.05, 0.1) is 5.60 Å². The number of hydrogen-bond donors (Lipinski definition) is 3.